The fourth-order valence-corrected chi connectivity index (χ4v) is 3.52. The number of aromatic hydroxyl groups is 1. The summed E-state index contributed by atoms with van der Waals surface area (Å²) in [6.45, 7) is 6.15. The summed E-state index contributed by atoms with van der Waals surface area (Å²) >= 11 is 0. The Hall–Kier alpha value is -0.830. The van der Waals surface area contributed by atoms with E-state index < -0.39 is 0 Å². The van der Waals surface area contributed by atoms with Crippen molar-refractivity contribution in [2.45, 2.75) is 45.6 Å². The predicted molar refractivity (Wildman–Crippen MR) is 83.6 cm³/mol. The van der Waals surface area contributed by atoms with E-state index in [0.717, 1.165) is 36.1 Å². The Bertz CT molecular complexity index is 482. The molecule has 0 aromatic heterocycles. The number of aryl methyl sites for hydroxylation is 1. The van der Waals surface area contributed by atoms with Gasteiger partial charge in [0.25, 0.3) is 0 Å². The van der Waals surface area contributed by atoms with Crippen molar-refractivity contribution in [1.82, 2.24) is 0 Å². The average Bonchev–Trinajstić information content (AvgIpc) is 2.34. The number of phenols is 1. The molecule has 1 unspecified atom stereocenters. The third kappa shape index (κ3) is 3.02. The summed E-state index contributed by atoms with van der Waals surface area (Å²) in [7, 11) is 0.467. The van der Waals surface area contributed by atoms with Crippen LogP contribution >= 0.6 is 0 Å². The maximum Gasteiger partial charge on any atom is 0.124 e. The second kappa shape index (κ2) is 5.28. The highest BCUT2D eigenvalue weighted by molar-refractivity contribution is 7.95. The van der Waals surface area contributed by atoms with Gasteiger partial charge in [-0.25, -0.2) is 0 Å². The molecule has 2 rings (SSSR count). The van der Waals surface area contributed by atoms with E-state index in [1.54, 1.807) is 0 Å². The first-order valence-corrected chi connectivity index (χ1v) is 9.09. The lowest BCUT2D eigenvalue weighted by molar-refractivity contribution is 0.0618. The minimum atomic E-state index is -0.0415. The number of fused-ring (bicyclic) bond motifs is 1. The highest BCUT2D eigenvalue weighted by Crippen LogP contribution is 2.41. The molecule has 0 radical (unpaired) electrons. The van der Waals surface area contributed by atoms with Gasteiger partial charge in [0.05, 0.1) is 12.5 Å². The summed E-state index contributed by atoms with van der Waals surface area (Å²) in [5.41, 5.74) is 3.04. The van der Waals surface area contributed by atoms with Crippen LogP contribution < -0.4 is 4.74 Å². The van der Waals surface area contributed by atoms with Crippen LogP contribution in [0.15, 0.2) is 6.07 Å². The monoisotopic (exact) mass is 281 g/mol. The van der Waals surface area contributed by atoms with Gasteiger partial charge in [-0.2, -0.15) is 0 Å². The third-order valence-electron chi connectivity index (χ3n) is 4.13. The molecule has 0 aliphatic carbocycles. The molecule has 0 saturated heterocycles. The maximum atomic E-state index is 10.0. The van der Waals surface area contributed by atoms with E-state index in [0.29, 0.717) is 16.6 Å². The lowest BCUT2D eigenvalue weighted by Gasteiger charge is -2.36. The second-order valence-corrected chi connectivity index (χ2v) is 8.51. The van der Waals surface area contributed by atoms with Crippen molar-refractivity contribution in [2.24, 2.45) is 0 Å². The minimum Gasteiger partial charge on any atom is -0.507 e. The quantitative estimate of drug-likeness (QED) is 0.861. The molecule has 0 fully saturated rings. The highest BCUT2D eigenvalue weighted by Gasteiger charge is 2.34. The van der Waals surface area contributed by atoms with Crippen LogP contribution in [0.3, 0.4) is 0 Å². The van der Waals surface area contributed by atoms with Gasteiger partial charge in [-0.05, 0) is 61.7 Å². The molecule has 1 heterocycles. The number of ether oxygens (including phenoxy) is 1. The second-order valence-electron chi connectivity index (χ2n) is 6.14. The molecule has 0 saturated carbocycles. The summed E-state index contributed by atoms with van der Waals surface area (Å²) in [6.07, 6.45) is 7.73. The van der Waals surface area contributed by atoms with Crippen LogP contribution in [0, 0.1) is 13.8 Å². The Kier molecular flexibility index (Phi) is 4.05. The van der Waals surface area contributed by atoms with E-state index in [2.05, 4.69) is 19.4 Å². The number of hydrogen-bond donors (Lipinski definition) is 1. The van der Waals surface area contributed by atoms with Crippen molar-refractivity contribution in [3.05, 3.63) is 22.8 Å². The zero-order valence-electron chi connectivity index (χ0n) is 12.7. The topological polar surface area (TPSA) is 29.5 Å². The van der Waals surface area contributed by atoms with E-state index >= 15 is 0 Å². The molecule has 106 valence electrons. The zero-order valence-corrected chi connectivity index (χ0v) is 13.5. The normalized spacial score (nSPS) is 22.2. The smallest absolute Gasteiger partial charge is 0.124 e. The number of phenolic OH excluding ortho intramolecular Hbond substituents is 1. The minimum absolute atomic E-state index is 0.0415. The molecule has 0 spiro atoms. The molecule has 1 aromatic rings. The molecule has 1 aromatic carbocycles. The van der Waals surface area contributed by atoms with Crippen molar-refractivity contribution in [3.8, 4) is 11.5 Å². The van der Waals surface area contributed by atoms with E-state index in [-0.39, 0.29) is 5.60 Å². The first-order valence-electron chi connectivity index (χ1n) is 6.88. The number of benzene rings is 1. The summed E-state index contributed by atoms with van der Waals surface area (Å²) in [5, 5.41) is 10.0. The van der Waals surface area contributed by atoms with Crippen molar-refractivity contribution >= 4 is 10.9 Å². The number of rotatable bonds is 3. The molecular formula is C16H25O2S+. The fraction of sp³-hybridized carbons (Fsp3) is 0.625. The molecular weight excluding hydrogens is 256 g/mol. The van der Waals surface area contributed by atoms with Crippen LogP contribution in [0.25, 0.3) is 0 Å². The maximum absolute atomic E-state index is 10.0. The van der Waals surface area contributed by atoms with Crippen molar-refractivity contribution in [2.75, 3.05) is 18.3 Å². The van der Waals surface area contributed by atoms with Gasteiger partial charge in [0.15, 0.2) is 0 Å². The molecule has 1 aliphatic rings. The molecule has 19 heavy (non-hydrogen) atoms. The van der Waals surface area contributed by atoms with Crippen LogP contribution in [0.4, 0.5) is 0 Å². The molecule has 1 N–H and O–H groups in total. The molecule has 0 amide bonds. The van der Waals surface area contributed by atoms with Gasteiger partial charge in [0.1, 0.15) is 22.9 Å². The summed E-state index contributed by atoms with van der Waals surface area (Å²) < 4.78 is 6.28. The Morgan fingerprint density at radius 1 is 1.37 bits per heavy atom. The van der Waals surface area contributed by atoms with Gasteiger partial charge in [0, 0.05) is 12.0 Å². The number of hydrogen-bond acceptors (Lipinski definition) is 2. The Labute approximate surface area is 119 Å². The van der Waals surface area contributed by atoms with Crippen molar-refractivity contribution < 1.29 is 9.84 Å². The molecule has 2 nitrogen and oxygen atoms in total. The van der Waals surface area contributed by atoms with E-state index in [1.165, 1.54) is 11.3 Å². The Morgan fingerprint density at radius 2 is 2.05 bits per heavy atom. The first-order chi connectivity index (χ1) is 8.82. The largest absolute Gasteiger partial charge is 0.507 e. The third-order valence-corrected chi connectivity index (χ3v) is 5.15. The Balaban J connectivity index is 2.24. The fourth-order valence-electron chi connectivity index (χ4n) is 2.68. The molecule has 1 atom stereocenters. The summed E-state index contributed by atoms with van der Waals surface area (Å²) in [5.74, 6) is 2.63. The van der Waals surface area contributed by atoms with Crippen molar-refractivity contribution in [1.29, 1.82) is 0 Å². The van der Waals surface area contributed by atoms with Crippen LogP contribution in [-0.2, 0) is 17.3 Å². The van der Waals surface area contributed by atoms with Crippen LogP contribution in [0.5, 0.6) is 11.5 Å². The summed E-state index contributed by atoms with van der Waals surface area (Å²) in [4.78, 5) is 0. The Morgan fingerprint density at radius 3 is 2.68 bits per heavy atom. The lowest BCUT2D eigenvalue weighted by Crippen LogP contribution is -2.38. The van der Waals surface area contributed by atoms with Crippen LogP contribution in [-0.4, -0.2) is 29.0 Å². The van der Waals surface area contributed by atoms with E-state index in [4.69, 9.17) is 4.74 Å². The highest BCUT2D eigenvalue weighted by atomic mass is 32.2. The van der Waals surface area contributed by atoms with Crippen LogP contribution in [0.2, 0.25) is 0 Å². The zero-order chi connectivity index (χ0) is 14.2. The van der Waals surface area contributed by atoms with E-state index in [1.807, 2.05) is 19.9 Å². The van der Waals surface area contributed by atoms with Gasteiger partial charge < -0.3 is 9.84 Å². The molecule has 0 bridgehead atoms. The predicted octanol–water partition coefficient (Wildman–Crippen LogP) is 3.36. The van der Waals surface area contributed by atoms with Gasteiger partial charge in [-0.15, -0.1) is 0 Å². The van der Waals surface area contributed by atoms with E-state index in [9.17, 15) is 5.11 Å². The van der Waals surface area contributed by atoms with Gasteiger partial charge in [-0.3, -0.25) is 0 Å². The van der Waals surface area contributed by atoms with Crippen LogP contribution in [0.1, 0.15) is 36.5 Å². The molecule has 3 heteroatoms. The first kappa shape index (κ1) is 14.6. The van der Waals surface area contributed by atoms with Gasteiger partial charge >= 0.3 is 0 Å². The van der Waals surface area contributed by atoms with Gasteiger partial charge in [0.2, 0.25) is 0 Å². The van der Waals surface area contributed by atoms with Gasteiger partial charge in [-0.1, -0.05) is 0 Å². The standard InChI is InChI=1S/C16H24O2S/c1-11-10-14-13(12(2)15(11)17)6-7-16(3,18-14)8-9-19(4)5/h10H,6-9H2,1-5H3/p+1. The average molecular weight is 281 g/mol. The summed E-state index contributed by atoms with van der Waals surface area (Å²) in [6, 6.07) is 1.99. The lowest BCUT2D eigenvalue weighted by atomic mass is 9.88. The molecule has 1 aliphatic heterocycles. The SMILES string of the molecule is Cc1cc2c(c(C)c1O)CCC(C)(CC[S+](C)C)O2. The van der Waals surface area contributed by atoms with Crippen molar-refractivity contribution in [3.63, 3.8) is 0 Å².